The van der Waals surface area contributed by atoms with Gasteiger partial charge in [0.2, 0.25) is 10.6 Å². The Balaban J connectivity index is 0.000000141. The fourth-order valence-electron chi connectivity index (χ4n) is 6.62. The highest BCUT2D eigenvalue weighted by Crippen LogP contribution is 2.27. The van der Waals surface area contributed by atoms with E-state index in [-0.39, 0.29) is 28.9 Å². The minimum Gasteiger partial charge on any atom is -0.382 e. The maximum Gasteiger partial charge on any atom is 0.253 e. The number of aromatic nitrogens is 12. The Labute approximate surface area is 342 Å². The molecule has 8 heterocycles. The molecule has 10 rings (SSSR count). The molecule has 1 amide bonds. The summed E-state index contributed by atoms with van der Waals surface area (Å²) in [4.78, 5) is 64.6. The van der Waals surface area contributed by atoms with Crippen LogP contribution in [-0.4, -0.2) is 116 Å². The zero-order valence-corrected chi connectivity index (χ0v) is 32.7. The second-order valence-electron chi connectivity index (χ2n) is 12.9. The highest BCUT2D eigenvalue weighted by molar-refractivity contribution is 6.29. The molecule has 2 aliphatic heterocycles. The lowest BCUT2D eigenvalue weighted by molar-refractivity contribution is 0.0746. The van der Waals surface area contributed by atoms with Gasteiger partial charge in [-0.15, -0.1) is 12.4 Å². The molecule has 2 fully saturated rings. The van der Waals surface area contributed by atoms with Gasteiger partial charge in [0, 0.05) is 56.6 Å². The van der Waals surface area contributed by atoms with Crippen LogP contribution in [0, 0.1) is 0 Å². The lowest BCUT2D eigenvalue weighted by Crippen LogP contribution is -2.49. The summed E-state index contributed by atoms with van der Waals surface area (Å²) >= 11 is 12.0. The highest BCUT2D eigenvalue weighted by atomic mass is 35.5. The number of piperidine rings is 1. The zero-order chi connectivity index (χ0) is 38.3. The molecule has 2 aromatic carbocycles. The molecule has 2 aliphatic rings. The first-order valence-electron chi connectivity index (χ1n) is 18.0. The van der Waals surface area contributed by atoms with Crippen molar-refractivity contribution in [3.8, 4) is 0 Å². The van der Waals surface area contributed by atoms with Crippen molar-refractivity contribution in [3.05, 3.63) is 108 Å². The van der Waals surface area contributed by atoms with Crippen LogP contribution >= 0.6 is 35.6 Å². The molecule has 0 radical (unpaired) electrons. The number of halogens is 3. The van der Waals surface area contributed by atoms with E-state index in [9.17, 15) is 4.79 Å². The number of aromatic amines is 3. The Morgan fingerprint density at radius 2 is 1.19 bits per heavy atom. The Morgan fingerprint density at radius 3 is 1.79 bits per heavy atom. The molecule has 0 spiro atoms. The van der Waals surface area contributed by atoms with Crippen LogP contribution in [0.2, 0.25) is 10.6 Å². The number of rotatable bonds is 5. The van der Waals surface area contributed by atoms with E-state index in [2.05, 4.69) is 99.2 Å². The molecule has 2 saturated heterocycles. The molecule has 57 heavy (non-hydrogen) atoms. The van der Waals surface area contributed by atoms with E-state index in [4.69, 9.17) is 23.2 Å². The molecular formula is C37H37Cl3N16O. The third kappa shape index (κ3) is 9.28. The monoisotopic (exact) mass is 826 g/mol. The molecular weight excluding hydrogens is 791 g/mol. The smallest absolute Gasteiger partial charge is 0.253 e. The number of amides is 1. The summed E-state index contributed by atoms with van der Waals surface area (Å²) in [7, 11) is 0. The topological polar surface area (TPSA) is 202 Å². The molecule has 0 bridgehead atoms. The molecule has 0 unspecified atom stereocenters. The van der Waals surface area contributed by atoms with Crippen molar-refractivity contribution in [2.45, 2.75) is 18.9 Å². The first-order chi connectivity index (χ1) is 27.5. The number of imidazole rings is 3. The largest absolute Gasteiger partial charge is 0.382 e. The average molecular weight is 828 g/mol. The third-order valence-corrected chi connectivity index (χ3v) is 9.74. The van der Waals surface area contributed by atoms with Gasteiger partial charge in [0.1, 0.15) is 22.9 Å². The van der Waals surface area contributed by atoms with Crippen LogP contribution in [0.15, 0.2) is 92.2 Å². The Hall–Kier alpha value is -6.17. The Morgan fingerprint density at radius 1 is 0.649 bits per heavy atom. The van der Waals surface area contributed by atoms with Crippen molar-refractivity contribution in [2.24, 2.45) is 0 Å². The number of benzene rings is 2. The summed E-state index contributed by atoms with van der Waals surface area (Å²) in [5.74, 6) is 1.63. The second-order valence-corrected chi connectivity index (χ2v) is 13.6. The fourth-order valence-corrected chi connectivity index (χ4v) is 6.94. The minimum absolute atomic E-state index is 0. The van der Waals surface area contributed by atoms with Gasteiger partial charge in [0.05, 0.1) is 25.2 Å². The van der Waals surface area contributed by atoms with Crippen molar-refractivity contribution in [3.63, 3.8) is 0 Å². The molecule has 8 aromatic rings. The van der Waals surface area contributed by atoms with Crippen molar-refractivity contribution in [2.75, 3.05) is 54.4 Å². The molecule has 4 N–H and O–H groups in total. The van der Waals surface area contributed by atoms with Gasteiger partial charge in [-0.3, -0.25) is 4.79 Å². The van der Waals surface area contributed by atoms with Crippen LogP contribution in [-0.2, 0) is 0 Å². The van der Waals surface area contributed by atoms with Crippen molar-refractivity contribution < 1.29 is 4.79 Å². The third-order valence-electron chi connectivity index (χ3n) is 9.40. The lowest BCUT2D eigenvalue weighted by Gasteiger charge is -2.35. The number of hydrogen-bond acceptors (Lipinski definition) is 13. The molecule has 0 atom stereocenters. The fraction of sp³-hybridized carbons (Fsp3) is 0.243. The SMILES string of the molecule is Cl.Clc1nc(N2CCC(Nc3ccccc3)CC2)c2[nH]cnc2n1.O=C(c1ccccc1)N1CCN(c2nc(Cl)nc3nc[nH]c23)CC1.c1ncc2[nH]cnc2n1. The predicted octanol–water partition coefficient (Wildman–Crippen LogP) is 5.83. The number of nitrogens with zero attached hydrogens (tertiary/aromatic N) is 12. The normalized spacial score (nSPS) is 14.4. The number of anilines is 3. The summed E-state index contributed by atoms with van der Waals surface area (Å²) in [5.41, 5.74) is 6.25. The van der Waals surface area contributed by atoms with E-state index in [1.54, 1.807) is 25.2 Å². The number of carbonyl (C=O) groups is 1. The van der Waals surface area contributed by atoms with E-state index in [0.717, 1.165) is 54.1 Å². The number of carbonyl (C=O) groups excluding carboxylic acids is 1. The van der Waals surface area contributed by atoms with Crippen LogP contribution in [0.4, 0.5) is 17.3 Å². The molecule has 0 aliphatic carbocycles. The summed E-state index contributed by atoms with van der Waals surface area (Å²) < 4.78 is 0. The first kappa shape index (κ1) is 39.1. The number of nitrogens with one attached hydrogen (secondary N) is 4. The summed E-state index contributed by atoms with van der Waals surface area (Å²) in [6, 6.07) is 20.2. The Kier molecular flexibility index (Phi) is 12.5. The number of piperazine rings is 1. The average Bonchev–Trinajstić information content (AvgIpc) is 4.03. The van der Waals surface area contributed by atoms with Gasteiger partial charge in [0.25, 0.3) is 5.91 Å². The molecule has 0 saturated carbocycles. The highest BCUT2D eigenvalue weighted by Gasteiger charge is 2.25. The van der Waals surface area contributed by atoms with Gasteiger partial charge in [0.15, 0.2) is 28.6 Å². The van der Waals surface area contributed by atoms with E-state index in [1.165, 1.54) is 12.0 Å². The number of hydrogen-bond donors (Lipinski definition) is 4. The summed E-state index contributed by atoms with van der Waals surface area (Å²) in [6.45, 7) is 4.47. The van der Waals surface area contributed by atoms with E-state index < -0.39 is 0 Å². The first-order valence-corrected chi connectivity index (χ1v) is 18.7. The van der Waals surface area contributed by atoms with Crippen LogP contribution < -0.4 is 15.1 Å². The zero-order valence-electron chi connectivity index (χ0n) is 30.3. The van der Waals surface area contributed by atoms with Crippen LogP contribution in [0.3, 0.4) is 0 Å². The predicted molar refractivity (Wildman–Crippen MR) is 222 cm³/mol. The maximum atomic E-state index is 12.5. The van der Waals surface area contributed by atoms with Gasteiger partial charge in [-0.1, -0.05) is 36.4 Å². The number of para-hydroxylation sites is 1. The summed E-state index contributed by atoms with van der Waals surface area (Å²) in [5, 5.41) is 4.00. The van der Waals surface area contributed by atoms with Crippen molar-refractivity contribution in [1.82, 2.24) is 64.7 Å². The molecule has 292 valence electrons. The Bertz CT molecular complexity index is 2490. The van der Waals surface area contributed by atoms with E-state index in [1.807, 2.05) is 41.3 Å². The van der Waals surface area contributed by atoms with Gasteiger partial charge >= 0.3 is 0 Å². The van der Waals surface area contributed by atoms with Crippen molar-refractivity contribution in [1.29, 1.82) is 0 Å². The van der Waals surface area contributed by atoms with Crippen LogP contribution in [0.5, 0.6) is 0 Å². The van der Waals surface area contributed by atoms with Gasteiger partial charge in [-0.05, 0) is 60.3 Å². The summed E-state index contributed by atoms with van der Waals surface area (Å²) in [6.07, 6.45) is 10.1. The van der Waals surface area contributed by atoms with E-state index >= 15 is 0 Å². The van der Waals surface area contributed by atoms with Crippen molar-refractivity contribution >= 4 is 92.3 Å². The van der Waals surface area contributed by atoms with E-state index in [0.29, 0.717) is 54.7 Å². The van der Waals surface area contributed by atoms with Gasteiger partial charge in [-0.25, -0.2) is 24.9 Å². The molecule has 6 aromatic heterocycles. The van der Waals surface area contributed by atoms with Gasteiger partial charge < -0.3 is 35.0 Å². The lowest BCUT2D eigenvalue weighted by atomic mass is 10.0. The minimum atomic E-state index is 0. The quantitative estimate of drug-likeness (QED) is 0.151. The maximum absolute atomic E-state index is 12.5. The number of H-pyrrole nitrogens is 3. The molecule has 17 nitrogen and oxygen atoms in total. The van der Waals surface area contributed by atoms with Crippen LogP contribution in [0.1, 0.15) is 23.2 Å². The van der Waals surface area contributed by atoms with Crippen LogP contribution in [0.25, 0.3) is 33.5 Å². The standard InChI is InChI=1S/C16H15ClN6O.C16H17ClN6.C5H4N4.ClH/c17-16-20-13-12(18-10-19-13)14(21-16)22-6-8-23(9-7-22)15(24)11-4-2-1-3-5-11;17-16-21-14-13(18-10-19-14)15(22-16)23-8-6-12(7-9-23)20-11-4-2-1-3-5-11;1-4-5(8-2-6-1)9-3-7-4;/h1-5,10H,6-9H2,(H,18,19,20,21);1-5,10,12,20H,6-9H2,(H,18,19,21,22);1-3H,(H,6,7,8,9);1H. The van der Waals surface area contributed by atoms with Gasteiger partial charge in [-0.2, -0.15) is 19.9 Å². The number of fused-ring (bicyclic) bond motifs is 3. The molecule has 20 heteroatoms. The second kappa shape index (κ2) is 18.2.